The van der Waals surface area contributed by atoms with E-state index in [-0.39, 0.29) is 12.5 Å². The van der Waals surface area contributed by atoms with Gasteiger partial charge in [0, 0.05) is 11.3 Å². The summed E-state index contributed by atoms with van der Waals surface area (Å²) in [7, 11) is 0. The molecule has 2 aromatic heterocycles. The molecular weight excluding hydrogens is 390 g/mol. The van der Waals surface area contributed by atoms with Crippen molar-refractivity contribution in [2.45, 2.75) is 6.92 Å². The third kappa shape index (κ3) is 3.93. The minimum atomic E-state index is -0.222. The predicted molar refractivity (Wildman–Crippen MR) is 119 cm³/mol. The maximum atomic E-state index is 12.3. The Morgan fingerprint density at radius 1 is 0.935 bits per heavy atom. The molecule has 0 aliphatic rings. The summed E-state index contributed by atoms with van der Waals surface area (Å²) in [5.74, 6) is 1.17. The van der Waals surface area contributed by atoms with E-state index in [0.29, 0.717) is 17.1 Å². The summed E-state index contributed by atoms with van der Waals surface area (Å²) in [5.41, 5.74) is 3.13. The molecule has 0 bridgehead atoms. The van der Waals surface area contributed by atoms with Crippen LogP contribution in [0.25, 0.3) is 27.7 Å². The molecule has 0 aliphatic heterocycles. The molecule has 0 spiro atoms. The number of ether oxygens (including phenoxy) is 1. The topological polar surface area (TPSA) is 81.4 Å². The molecule has 0 atom stereocenters. The second-order valence-electron chi connectivity index (χ2n) is 7.16. The monoisotopic (exact) mass is 409 g/mol. The molecule has 0 radical (unpaired) electrons. The molecule has 0 fully saturated rings. The Balaban J connectivity index is 1.23. The summed E-state index contributed by atoms with van der Waals surface area (Å²) in [6, 6.07) is 25.1. The first-order valence-electron chi connectivity index (χ1n) is 9.87. The van der Waals surface area contributed by atoms with Gasteiger partial charge in [-0.3, -0.25) is 4.79 Å². The standard InChI is InChI=1S/C24H19N5O2/c1-16-26-27-23-13-12-22(28-29(16)23)18-6-9-20(10-7-18)25-24(30)15-31-21-11-8-17-4-2-3-5-19(17)14-21/h2-14H,15H2,1H3,(H,25,30). The Bertz CT molecular complexity index is 1390. The average Bonchev–Trinajstić information content (AvgIpc) is 3.18. The number of nitrogens with one attached hydrogen (secondary N) is 1. The van der Waals surface area contributed by atoms with Gasteiger partial charge >= 0.3 is 0 Å². The zero-order valence-corrected chi connectivity index (χ0v) is 16.8. The Kier molecular flexibility index (Phi) is 4.76. The number of anilines is 1. The summed E-state index contributed by atoms with van der Waals surface area (Å²) >= 11 is 0. The van der Waals surface area contributed by atoms with Gasteiger partial charge in [-0.2, -0.15) is 9.61 Å². The summed E-state index contributed by atoms with van der Waals surface area (Å²) < 4.78 is 7.35. The van der Waals surface area contributed by atoms with Gasteiger partial charge in [0.15, 0.2) is 18.1 Å². The molecule has 0 saturated heterocycles. The van der Waals surface area contributed by atoms with Crippen LogP contribution in [0.4, 0.5) is 5.69 Å². The second-order valence-corrected chi connectivity index (χ2v) is 7.16. The lowest BCUT2D eigenvalue weighted by molar-refractivity contribution is -0.118. The molecular formula is C24H19N5O2. The van der Waals surface area contributed by atoms with Gasteiger partial charge in [-0.25, -0.2) is 0 Å². The summed E-state index contributed by atoms with van der Waals surface area (Å²) in [6.45, 7) is 1.79. The Morgan fingerprint density at radius 2 is 1.74 bits per heavy atom. The van der Waals surface area contributed by atoms with E-state index in [1.54, 1.807) is 4.52 Å². The third-order valence-electron chi connectivity index (χ3n) is 4.97. The molecule has 7 heteroatoms. The van der Waals surface area contributed by atoms with Crippen molar-refractivity contribution in [1.29, 1.82) is 0 Å². The van der Waals surface area contributed by atoms with Crippen molar-refractivity contribution in [1.82, 2.24) is 19.8 Å². The SMILES string of the molecule is Cc1nnc2ccc(-c3ccc(NC(=O)COc4ccc5ccccc5c4)cc3)nn12. The zero-order chi connectivity index (χ0) is 21.2. The number of nitrogens with zero attached hydrogens (tertiary/aromatic N) is 4. The molecule has 31 heavy (non-hydrogen) atoms. The number of rotatable bonds is 5. The van der Waals surface area contributed by atoms with Crippen molar-refractivity contribution < 1.29 is 9.53 Å². The number of carbonyl (C=O) groups excluding carboxylic acids is 1. The zero-order valence-electron chi connectivity index (χ0n) is 16.8. The first-order chi connectivity index (χ1) is 15.2. The molecule has 1 amide bonds. The number of amides is 1. The number of aryl methyl sites for hydroxylation is 1. The van der Waals surface area contributed by atoms with Crippen LogP contribution in [0.2, 0.25) is 0 Å². The molecule has 152 valence electrons. The van der Waals surface area contributed by atoms with Crippen molar-refractivity contribution in [2.24, 2.45) is 0 Å². The first-order valence-corrected chi connectivity index (χ1v) is 9.87. The van der Waals surface area contributed by atoms with Crippen LogP contribution in [0, 0.1) is 6.92 Å². The maximum absolute atomic E-state index is 12.3. The molecule has 7 nitrogen and oxygen atoms in total. The number of aromatic nitrogens is 4. The third-order valence-corrected chi connectivity index (χ3v) is 4.97. The van der Waals surface area contributed by atoms with Gasteiger partial charge in [-0.15, -0.1) is 10.2 Å². The van der Waals surface area contributed by atoms with Gasteiger partial charge in [0.05, 0.1) is 5.69 Å². The van der Waals surface area contributed by atoms with Crippen LogP contribution in [-0.2, 0) is 4.79 Å². The Morgan fingerprint density at radius 3 is 2.58 bits per heavy atom. The van der Waals surface area contributed by atoms with Gasteiger partial charge in [-0.1, -0.05) is 42.5 Å². The maximum Gasteiger partial charge on any atom is 0.262 e. The average molecular weight is 409 g/mol. The fourth-order valence-electron chi connectivity index (χ4n) is 3.38. The first kappa shape index (κ1) is 18.7. The fourth-order valence-corrected chi connectivity index (χ4v) is 3.38. The molecule has 5 aromatic rings. The van der Waals surface area contributed by atoms with Gasteiger partial charge in [-0.05, 0) is 54.1 Å². The number of hydrogen-bond acceptors (Lipinski definition) is 5. The minimum Gasteiger partial charge on any atom is -0.484 e. The highest BCUT2D eigenvalue weighted by Crippen LogP contribution is 2.22. The van der Waals surface area contributed by atoms with E-state index in [4.69, 9.17) is 4.74 Å². The van der Waals surface area contributed by atoms with Gasteiger partial charge in [0.25, 0.3) is 5.91 Å². The molecule has 0 aliphatic carbocycles. The number of fused-ring (bicyclic) bond motifs is 2. The smallest absolute Gasteiger partial charge is 0.262 e. The number of benzene rings is 3. The van der Waals surface area contributed by atoms with E-state index < -0.39 is 0 Å². The van der Waals surface area contributed by atoms with Crippen LogP contribution in [0.1, 0.15) is 5.82 Å². The van der Waals surface area contributed by atoms with E-state index in [1.165, 1.54) is 0 Å². The predicted octanol–water partition coefficient (Wildman–Crippen LogP) is 4.27. The van der Waals surface area contributed by atoms with E-state index in [2.05, 4.69) is 20.6 Å². The number of hydrogen-bond donors (Lipinski definition) is 1. The summed E-state index contributed by atoms with van der Waals surface area (Å²) in [4.78, 5) is 12.3. The van der Waals surface area contributed by atoms with Crippen LogP contribution in [0.15, 0.2) is 78.9 Å². The van der Waals surface area contributed by atoms with Crippen molar-refractivity contribution >= 4 is 28.0 Å². The van der Waals surface area contributed by atoms with Crippen molar-refractivity contribution in [3.63, 3.8) is 0 Å². The Hall–Kier alpha value is -4.26. The van der Waals surface area contributed by atoms with Crippen LogP contribution < -0.4 is 10.1 Å². The van der Waals surface area contributed by atoms with E-state index in [1.807, 2.05) is 85.8 Å². The second kappa shape index (κ2) is 7.87. The quantitative estimate of drug-likeness (QED) is 0.469. The molecule has 1 N–H and O–H groups in total. The lowest BCUT2D eigenvalue weighted by Gasteiger charge is -2.09. The highest BCUT2D eigenvalue weighted by Gasteiger charge is 2.08. The molecule has 0 unspecified atom stereocenters. The molecule has 2 heterocycles. The number of carbonyl (C=O) groups is 1. The van der Waals surface area contributed by atoms with Crippen molar-refractivity contribution in [3.8, 4) is 17.0 Å². The Labute approximate surface area is 178 Å². The van der Waals surface area contributed by atoms with Crippen LogP contribution in [-0.4, -0.2) is 32.3 Å². The molecule has 5 rings (SSSR count). The van der Waals surface area contributed by atoms with Gasteiger partial charge < -0.3 is 10.1 Å². The van der Waals surface area contributed by atoms with Crippen molar-refractivity contribution in [3.05, 3.63) is 84.7 Å². The minimum absolute atomic E-state index is 0.0643. The van der Waals surface area contributed by atoms with Crippen LogP contribution >= 0.6 is 0 Å². The highest BCUT2D eigenvalue weighted by molar-refractivity contribution is 5.92. The molecule has 3 aromatic carbocycles. The van der Waals surface area contributed by atoms with Gasteiger partial charge in [0.1, 0.15) is 5.75 Å². The summed E-state index contributed by atoms with van der Waals surface area (Å²) in [6.07, 6.45) is 0. The largest absolute Gasteiger partial charge is 0.484 e. The molecule has 0 saturated carbocycles. The fraction of sp³-hybridized carbons (Fsp3) is 0.0833. The van der Waals surface area contributed by atoms with Crippen molar-refractivity contribution in [2.75, 3.05) is 11.9 Å². The van der Waals surface area contributed by atoms with Crippen LogP contribution in [0.5, 0.6) is 5.75 Å². The highest BCUT2D eigenvalue weighted by atomic mass is 16.5. The lowest BCUT2D eigenvalue weighted by Crippen LogP contribution is -2.20. The summed E-state index contributed by atoms with van der Waals surface area (Å²) in [5, 5.41) is 17.7. The van der Waals surface area contributed by atoms with Gasteiger partial charge in [0.2, 0.25) is 0 Å². The lowest BCUT2D eigenvalue weighted by atomic mass is 10.1. The van der Waals surface area contributed by atoms with E-state index in [9.17, 15) is 4.79 Å². The van der Waals surface area contributed by atoms with E-state index >= 15 is 0 Å². The van der Waals surface area contributed by atoms with Crippen LogP contribution in [0.3, 0.4) is 0 Å². The van der Waals surface area contributed by atoms with E-state index in [0.717, 1.165) is 27.9 Å². The normalized spacial score (nSPS) is 11.0.